The lowest BCUT2D eigenvalue weighted by Crippen LogP contribution is -2.42. The normalized spacial score (nSPS) is 23.6. The molecule has 1 aliphatic heterocycles. The molecule has 1 aromatic carbocycles. The van der Waals surface area contributed by atoms with Gasteiger partial charge in [-0.15, -0.1) is 0 Å². The number of benzene rings is 1. The molecule has 1 aromatic rings. The van der Waals surface area contributed by atoms with Gasteiger partial charge in [0.05, 0.1) is 5.92 Å². The summed E-state index contributed by atoms with van der Waals surface area (Å²) in [5.74, 6) is -0.845. The number of amides is 1. The van der Waals surface area contributed by atoms with Crippen LogP contribution in [0.4, 0.5) is 0 Å². The van der Waals surface area contributed by atoms with Crippen LogP contribution < -0.4 is 0 Å². The average Bonchev–Trinajstić information content (AvgIpc) is 3.23. The van der Waals surface area contributed by atoms with Gasteiger partial charge >= 0.3 is 5.97 Å². The molecule has 2 atom stereocenters. The molecule has 5 heteroatoms. The molecule has 1 spiro atoms. The molecule has 124 valence electrons. The molecule has 1 amide bonds. The van der Waals surface area contributed by atoms with Gasteiger partial charge in [-0.2, -0.15) is 0 Å². The third-order valence-electron chi connectivity index (χ3n) is 5.46. The van der Waals surface area contributed by atoms with Crippen LogP contribution in [-0.2, 0) is 16.0 Å². The number of carbonyl (C=O) groups is 2. The number of aliphatic carboxylic acids is 1. The third kappa shape index (κ3) is 3.23. The Bertz CT molecular complexity index is 622. The maximum Gasteiger partial charge on any atom is 0.307 e. The number of halogens is 1. The Morgan fingerprint density at radius 2 is 2.00 bits per heavy atom. The van der Waals surface area contributed by atoms with Gasteiger partial charge in [0.25, 0.3) is 0 Å². The minimum absolute atomic E-state index is 0.0331. The number of likely N-dealkylation sites (tertiary alicyclic amines) is 1. The second-order valence-corrected chi connectivity index (χ2v) is 7.39. The summed E-state index contributed by atoms with van der Waals surface area (Å²) in [7, 11) is 0. The van der Waals surface area contributed by atoms with Crippen molar-refractivity contribution in [1.82, 2.24) is 4.90 Å². The second kappa shape index (κ2) is 6.16. The molecule has 1 aliphatic carbocycles. The van der Waals surface area contributed by atoms with Crippen molar-refractivity contribution in [2.75, 3.05) is 13.1 Å². The van der Waals surface area contributed by atoms with Gasteiger partial charge in [-0.25, -0.2) is 0 Å². The van der Waals surface area contributed by atoms with E-state index in [0.717, 1.165) is 24.8 Å². The highest BCUT2D eigenvalue weighted by Crippen LogP contribution is 2.59. The molecule has 2 unspecified atom stereocenters. The molecule has 4 nitrogen and oxygen atoms in total. The first kappa shape index (κ1) is 16.3. The number of piperidine rings is 1. The highest BCUT2D eigenvalue weighted by molar-refractivity contribution is 6.31. The molecule has 1 saturated carbocycles. The van der Waals surface area contributed by atoms with Crippen molar-refractivity contribution in [2.45, 2.75) is 32.6 Å². The molecule has 1 heterocycles. The van der Waals surface area contributed by atoms with Crippen molar-refractivity contribution in [3.8, 4) is 0 Å². The van der Waals surface area contributed by atoms with Gasteiger partial charge in [0.1, 0.15) is 0 Å². The number of carbonyl (C=O) groups excluding carboxylic acids is 1. The molecule has 0 radical (unpaired) electrons. The van der Waals surface area contributed by atoms with E-state index in [2.05, 4.69) is 0 Å². The summed E-state index contributed by atoms with van der Waals surface area (Å²) in [5.41, 5.74) is 0.964. The smallest absolute Gasteiger partial charge is 0.307 e. The summed E-state index contributed by atoms with van der Waals surface area (Å²) in [6, 6.07) is 7.62. The van der Waals surface area contributed by atoms with Gasteiger partial charge in [0, 0.05) is 24.0 Å². The molecule has 0 bridgehead atoms. The minimum atomic E-state index is -0.683. The van der Waals surface area contributed by atoms with Gasteiger partial charge < -0.3 is 10.0 Å². The fourth-order valence-electron chi connectivity index (χ4n) is 3.81. The van der Waals surface area contributed by atoms with Gasteiger partial charge in [-0.1, -0.05) is 36.7 Å². The van der Waals surface area contributed by atoms with E-state index in [1.54, 1.807) is 0 Å². The zero-order valence-electron chi connectivity index (χ0n) is 13.3. The fraction of sp³-hybridized carbons (Fsp3) is 0.556. The molecule has 23 heavy (non-hydrogen) atoms. The number of nitrogens with zero attached hydrogens (tertiary/aromatic N) is 1. The lowest BCUT2D eigenvalue weighted by atomic mass is 9.89. The lowest BCUT2D eigenvalue weighted by Gasteiger charge is -2.34. The van der Waals surface area contributed by atoms with E-state index in [1.807, 2.05) is 36.1 Å². The fourth-order valence-corrected chi connectivity index (χ4v) is 4.03. The molecule has 1 N–H and O–H groups in total. The molecule has 1 saturated heterocycles. The summed E-state index contributed by atoms with van der Waals surface area (Å²) < 4.78 is 0. The third-order valence-corrected chi connectivity index (χ3v) is 5.83. The first-order valence-electron chi connectivity index (χ1n) is 8.18. The van der Waals surface area contributed by atoms with E-state index in [4.69, 9.17) is 16.7 Å². The number of carboxylic acid groups (broad SMARTS) is 1. The Labute approximate surface area is 141 Å². The maximum absolute atomic E-state index is 12.6. The minimum Gasteiger partial charge on any atom is -0.481 e. The van der Waals surface area contributed by atoms with Crippen LogP contribution in [0.3, 0.4) is 0 Å². The Hall–Kier alpha value is -1.55. The van der Waals surface area contributed by atoms with Crippen molar-refractivity contribution in [3.05, 3.63) is 34.9 Å². The second-order valence-electron chi connectivity index (χ2n) is 6.98. The molecule has 2 aliphatic rings. The maximum atomic E-state index is 12.6. The van der Waals surface area contributed by atoms with Crippen LogP contribution in [0.15, 0.2) is 24.3 Å². The number of hydrogen-bond donors (Lipinski definition) is 1. The quantitative estimate of drug-likeness (QED) is 0.919. The van der Waals surface area contributed by atoms with Crippen LogP contribution in [0.2, 0.25) is 5.02 Å². The first-order chi connectivity index (χ1) is 10.9. The topological polar surface area (TPSA) is 57.6 Å². The number of rotatable bonds is 4. The SMILES string of the molecule is CC(Cc1ccccc1Cl)C(=O)N1CCC2(CC1)CC2C(=O)O. The molecule has 2 fully saturated rings. The Morgan fingerprint density at radius 3 is 2.57 bits per heavy atom. The highest BCUT2D eigenvalue weighted by atomic mass is 35.5. The summed E-state index contributed by atoms with van der Waals surface area (Å²) in [5, 5.41) is 9.83. The van der Waals surface area contributed by atoms with E-state index in [-0.39, 0.29) is 23.2 Å². The van der Waals surface area contributed by atoms with Gasteiger partial charge in [0.2, 0.25) is 5.91 Å². The predicted octanol–water partition coefficient (Wildman–Crippen LogP) is 3.23. The predicted molar refractivity (Wildman–Crippen MR) is 88.3 cm³/mol. The van der Waals surface area contributed by atoms with Crippen molar-refractivity contribution in [2.24, 2.45) is 17.3 Å². The van der Waals surface area contributed by atoms with E-state index in [1.165, 1.54) is 0 Å². The largest absolute Gasteiger partial charge is 0.481 e. The van der Waals surface area contributed by atoms with E-state index < -0.39 is 5.97 Å². The Balaban J connectivity index is 1.55. The highest BCUT2D eigenvalue weighted by Gasteiger charge is 2.59. The van der Waals surface area contributed by atoms with Crippen molar-refractivity contribution in [1.29, 1.82) is 0 Å². The zero-order chi connectivity index (χ0) is 16.6. The van der Waals surface area contributed by atoms with Crippen LogP contribution >= 0.6 is 11.6 Å². The standard InChI is InChI=1S/C18H22ClNO3/c1-12(10-13-4-2-3-5-15(13)19)16(21)20-8-6-18(7-9-20)11-14(18)17(22)23/h2-5,12,14H,6-11H2,1H3,(H,22,23). The van der Waals surface area contributed by atoms with Crippen molar-refractivity contribution >= 4 is 23.5 Å². The summed E-state index contributed by atoms with van der Waals surface area (Å²) in [6.45, 7) is 3.29. The summed E-state index contributed by atoms with van der Waals surface area (Å²) in [4.78, 5) is 25.6. The van der Waals surface area contributed by atoms with Gasteiger partial charge in [-0.3, -0.25) is 9.59 Å². The van der Waals surface area contributed by atoms with Crippen LogP contribution in [0.1, 0.15) is 31.7 Å². The Kier molecular flexibility index (Phi) is 4.37. The van der Waals surface area contributed by atoms with Crippen molar-refractivity contribution in [3.63, 3.8) is 0 Å². The van der Waals surface area contributed by atoms with Crippen LogP contribution in [-0.4, -0.2) is 35.0 Å². The molecular weight excluding hydrogens is 314 g/mol. The van der Waals surface area contributed by atoms with Gasteiger partial charge in [-0.05, 0) is 42.7 Å². The number of carboxylic acids is 1. The molecule has 3 rings (SSSR count). The Morgan fingerprint density at radius 1 is 1.35 bits per heavy atom. The van der Waals surface area contributed by atoms with E-state index in [9.17, 15) is 9.59 Å². The average molecular weight is 336 g/mol. The number of hydrogen-bond acceptors (Lipinski definition) is 2. The van der Waals surface area contributed by atoms with Crippen LogP contribution in [0, 0.1) is 17.3 Å². The van der Waals surface area contributed by atoms with E-state index >= 15 is 0 Å². The summed E-state index contributed by atoms with van der Waals surface area (Å²) >= 11 is 6.17. The van der Waals surface area contributed by atoms with Gasteiger partial charge in [0.15, 0.2) is 0 Å². The van der Waals surface area contributed by atoms with Crippen LogP contribution in [0.5, 0.6) is 0 Å². The molecular formula is C18H22ClNO3. The lowest BCUT2D eigenvalue weighted by molar-refractivity contribution is -0.140. The van der Waals surface area contributed by atoms with E-state index in [0.29, 0.717) is 24.5 Å². The summed E-state index contributed by atoms with van der Waals surface area (Å²) in [6.07, 6.45) is 3.04. The zero-order valence-corrected chi connectivity index (χ0v) is 14.1. The first-order valence-corrected chi connectivity index (χ1v) is 8.56. The molecule has 0 aromatic heterocycles. The monoisotopic (exact) mass is 335 g/mol. The van der Waals surface area contributed by atoms with Crippen molar-refractivity contribution < 1.29 is 14.7 Å². The van der Waals surface area contributed by atoms with Crippen LogP contribution in [0.25, 0.3) is 0 Å².